The number of rotatable bonds is 7. The van der Waals surface area contributed by atoms with Crippen LogP contribution in [0.25, 0.3) is 0 Å². The molecule has 0 saturated heterocycles. The molecule has 0 fully saturated rings. The monoisotopic (exact) mass is 263 g/mol. The van der Waals surface area contributed by atoms with Gasteiger partial charge >= 0.3 is 0 Å². The number of hydrogen-bond acceptors (Lipinski definition) is 4. The van der Waals surface area contributed by atoms with E-state index in [4.69, 9.17) is 10.5 Å². The van der Waals surface area contributed by atoms with Crippen LogP contribution in [-0.2, 0) is 0 Å². The average molecular weight is 263 g/mol. The molecule has 0 heterocycles. The third-order valence-corrected chi connectivity index (χ3v) is 2.47. The quantitative estimate of drug-likeness (QED) is 0.571. The zero-order valence-corrected chi connectivity index (χ0v) is 11.5. The van der Waals surface area contributed by atoms with Gasteiger partial charge < -0.3 is 20.7 Å². The van der Waals surface area contributed by atoms with Gasteiger partial charge in [0.05, 0.1) is 5.69 Å². The van der Waals surface area contributed by atoms with Gasteiger partial charge in [0.15, 0.2) is 0 Å². The summed E-state index contributed by atoms with van der Waals surface area (Å²) in [4.78, 5) is 13.7. The maximum Gasteiger partial charge on any atom is 0.251 e. The number of likely N-dealkylation sites (N-methyl/N-ethyl adjacent to an activating group) is 1. The molecule has 19 heavy (non-hydrogen) atoms. The first-order valence-electron chi connectivity index (χ1n) is 6.10. The lowest BCUT2D eigenvalue weighted by molar-refractivity contribution is 0.0958. The van der Waals surface area contributed by atoms with Crippen LogP contribution in [0.4, 0.5) is 5.69 Å². The van der Waals surface area contributed by atoms with Gasteiger partial charge in [-0.2, -0.15) is 0 Å². The first-order chi connectivity index (χ1) is 9.04. The van der Waals surface area contributed by atoms with Gasteiger partial charge in [-0.15, -0.1) is 6.58 Å². The number of carbonyl (C=O) groups excluding carboxylic acids is 1. The molecule has 0 unspecified atom stereocenters. The van der Waals surface area contributed by atoms with Crippen molar-refractivity contribution in [3.05, 3.63) is 36.4 Å². The van der Waals surface area contributed by atoms with Gasteiger partial charge in [0, 0.05) is 18.7 Å². The minimum atomic E-state index is -0.175. The number of nitrogens with two attached hydrogens (primary N) is 1. The Hall–Kier alpha value is -2.01. The van der Waals surface area contributed by atoms with Crippen molar-refractivity contribution in [2.45, 2.75) is 0 Å². The Bertz CT molecular complexity index is 444. The van der Waals surface area contributed by atoms with E-state index in [9.17, 15) is 4.79 Å². The van der Waals surface area contributed by atoms with E-state index < -0.39 is 0 Å². The molecule has 0 atom stereocenters. The van der Waals surface area contributed by atoms with E-state index in [1.54, 1.807) is 24.3 Å². The Morgan fingerprint density at radius 3 is 2.84 bits per heavy atom. The zero-order valence-electron chi connectivity index (χ0n) is 11.5. The number of benzene rings is 1. The molecule has 0 aliphatic heterocycles. The summed E-state index contributed by atoms with van der Waals surface area (Å²) in [5.41, 5.74) is 6.84. The molecule has 1 rings (SSSR count). The normalized spacial score (nSPS) is 10.3. The Morgan fingerprint density at radius 1 is 1.53 bits per heavy atom. The second-order valence-electron chi connectivity index (χ2n) is 4.40. The third kappa shape index (κ3) is 5.01. The van der Waals surface area contributed by atoms with Crippen LogP contribution in [-0.4, -0.2) is 44.6 Å². The maximum absolute atomic E-state index is 11.7. The predicted octanol–water partition coefficient (Wildman–Crippen LogP) is 1.12. The van der Waals surface area contributed by atoms with E-state index in [2.05, 4.69) is 11.9 Å². The van der Waals surface area contributed by atoms with Crippen molar-refractivity contribution in [2.75, 3.05) is 39.5 Å². The smallest absolute Gasteiger partial charge is 0.251 e. The molecule has 1 amide bonds. The summed E-state index contributed by atoms with van der Waals surface area (Å²) >= 11 is 0. The molecule has 104 valence electrons. The fraction of sp³-hybridized carbons (Fsp3) is 0.357. The second-order valence-corrected chi connectivity index (χ2v) is 4.40. The summed E-state index contributed by atoms with van der Waals surface area (Å²) in [6.07, 6.45) is 1.62. The van der Waals surface area contributed by atoms with E-state index in [1.165, 1.54) is 0 Å². The Labute approximate surface area is 114 Å². The largest absolute Gasteiger partial charge is 0.490 e. The highest BCUT2D eigenvalue weighted by molar-refractivity contribution is 5.95. The summed E-state index contributed by atoms with van der Waals surface area (Å²) in [5.74, 6) is 0.425. The fourth-order valence-electron chi connectivity index (χ4n) is 1.43. The maximum atomic E-state index is 11.7. The molecule has 0 spiro atoms. The number of carbonyl (C=O) groups is 1. The molecule has 3 N–H and O–H groups in total. The number of nitrogen functional groups attached to an aromatic ring is 1. The van der Waals surface area contributed by atoms with Crippen molar-refractivity contribution in [1.29, 1.82) is 0 Å². The number of ether oxygens (including phenoxy) is 1. The SMILES string of the molecule is C=CCNC(=O)c1ccc(OCCN(C)C)c(N)c1. The van der Waals surface area contributed by atoms with Crippen LogP contribution in [0.5, 0.6) is 5.75 Å². The minimum Gasteiger partial charge on any atom is -0.490 e. The van der Waals surface area contributed by atoms with Gasteiger partial charge in [-0.3, -0.25) is 4.79 Å². The van der Waals surface area contributed by atoms with Crippen LogP contribution in [0.15, 0.2) is 30.9 Å². The predicted molar refractivity (Wildman–Crippen MR) is 77.4 cm³/mol. The van der Waals surface area contributed by atoms with Crippen LogP contribution < -0.4 is 15.8 Å². The summed E-state index contributed by atoms with van der Waals surface area (Å²) in [5, 5.41) is 2.69. The summed E-state index contributed by atoms with van der Waals surface area (Å²) in [7, 11) is 3.94. The lowest BCUT2D eigenvalue weighted by Crippen LogP contribution is -2.23. The molecule has 0 radical (unpaired) electrons. The van der Waals surface area contributed by atoms with Crippen LogP contribution in [0.1, 0.15) is 10.4 Å². The minimum absolute atomic E-state index is 0.175. The number of hydrogen-bond donors (Lipinski definition) is 2. The highest BCUT2D eigenvalue weighted by Gasteiger charge is 2.08. The van der Waals surface area contributed by atoms with E-state index in [-0.39, 0.29) is 5.91 Å². The van der Waals surface area contributed by atoms with E-state index >= 15 is 0 Å². The molecular formula is C14H21N3O2. The lowest BCUT2D eigenvalue weighted by Gasteiger charge is -2.13. The van der Waals surface area contributed by atoms with Crippen LogP contribution in [0.2, 0.25) is 0 Å². The van der Waals surface area contributed by atoms with E-state index in [0.29, 0.717) is 30.2 Å². The summed E-state index contributed by atoms with van der Waals surface area (Å²) in [6.45, 7) is 5.33. The summed E-state index contributed by atoms with van der Waals surface area (Å²) in [6, 6.07) is 5.02. The first kappa shape index (κ1) is 15.0. The highest BCUT2D eigenvalue weighted by atomic mass is 16.5. The second kappa shape index (κ2) is 7.43. The van der Waals surface area contributed by atoms with Crippen molar-refractivity contribution in [2.24, 2.45) is 0 Å². The van der Waals surface area contributed by atoms with Gasteiger partial charge in [-0.05, 0) is 32.3 Å². The third-order valence-electron chi connectivity index (χ3n) is 2.47. The lowest BCUT2D eigenvalue weighted by atomic mass is 10.1. The molecule has 0 saturated carbocycles. The van der Waals surface area contributed by atoms with Crippen LogP contribution in [0.3, 0.4) is 0 Å². The van der Waals surface area contributed by atoms with Gasteiger partial charge in [-0.1, -0.05) is 6.08 Å². The van der Waals surface area contributed by atoms with Crippen LogP contribution in [0, 0.1) is 0 Å². The Balaban J connectivity index is 2.63. The van der Waals surface area contributed by atoms with Gasteiger partial charge in [-0.25, -0.2) is 0 Å². The van der Waals surface area contributed by atoms with Crippen molar-refractivity contribution in [1.82, 2.24) is 10.2 Å². The van der Waals surface area contributed by atoms with Crippen molar-refractivity contribution in [3.63, 3.8) is 0 Å². The molecule has 1 aromatic carbocycles. The van der Waals surface area contributed by atoms with Crippen molar-refractivity contribution >= 4 is 11.6 Å². The van der Waals surface area contributed by atoms with Gasteiger partial charge in [0.2, 0.25) is 0 Å². The van der Waals surface area contributed by atoms with Gasteiger partial charge in [0.1, 0.15) is 12.4 Å². The van der Waals surface area contributed by atoms with Crippen LogP contribution >= 0.6 is 0 Å². The molecule has 5 heteroatoms. The van der Waals surface area contributed by atoms with Crippen molar-refractivity contribution < 1.29 is 9.53 Å². The molecule has 0 aliphatic rings. The van der Waals surface area contributed by atoms with Gasteiger partial charge in [0.25, 0.3) is 5.91 Å². The standard InChI is InChI=1S/C14H21N3O2/c1-4-7-16-14(18)11-5-6-13(12(15)10-11)19-9-8-17(2)3/h4-6,10H,1,7-9,15H2,2-3H3,(H,16,18). The number of nitrogens with one attached hydrogen (secondary N) is 1. The first-order valence-corrected chi connectivity index (χ1v) is 6.10. The molecule has 1 aromatic rings. The van der Waals surface area contributed by atoms with Crippen molar-refractivity contribution in [3.8, 4) is 5.75 Å². The zero-order chi connectivity index (χ0) is 14.3. The topological polar surface area (TPSA) is 67.6 Å². The Kier molecular flexibility index (Phi) is 5.89. The Morgan fingerprint density at radius 2 is 2.26 bits per heavy atom. The number of anilines is 1. The molecule has 0 aromatic heterocycles. The molecule has 0 bridgehead atoms. The average Bonchev–Trinajstić information content (AvgIpc) is 2.37. The fourth-order valence-corrected chi connectivity index (χ4v) is 1.43. The number of amides is 1. The van der Waals surface area contributed by atoms with E-state index in [1.807, 2.05) is 19.0 Å². The summed E-state index contributed by atoms with van der Waals surface area (Å²) < 4.78 is 5.55. The number of nitrogens with zero attached hydrogens (tertiary/aromatic N) is 1. The molecule has 0 aliphatic carbocycles. The highest BCUT2D eigenvalue weighted by Crippen LogP contribution is 2.22. The molecular weight excluding hydrogens is 242 g/mol. The van der Waals surface area contributed by atoms with E-state index in [0.717, 1.165) is 6.54 Å². The molecule has 5 nitrogen and oxygen atoms in total.